The lowest BCUT2D eigenvalue weighted by Crippen LogP contribution is -2.35. The number of alkyl halides is 3. The van der Waals surface area contributed by atoms with Crippen molar-refractivity contribution in [3.63, 3.8) is 0 Å². The lowest BCUT2D eigenvalue weighted by molar-refractivity contribution is -0.0328. The van der Waals surface area contributed by atoms with Crippen molar-refractivity contribution < 1.29 is 13.2 Å². The molecule has 0 radical (unpaired) electrons. The van der Waals surface area contributed by atoms with Crippen LogP contribution in [0.15, 0.2) is 29.2 Å². The van der Waals surface area contributed by atoms with Gasteiger partial charge in [0.2, 0.25) is 0 Å². The zero-order valence-electron chi connectivity index (χ0n) is 10.0. The van der Waals surface area contributed by atoms with Crippen LogP contribution in [0.25, 0.3) is 0 Å². The highest BCUT2D eigenvalue weighted by Crippen LogP contribution is 2.40. The van der Waals surface area contributed by atoms with Gasteiger partial charge in [-0.15, -0.1) is 11.8 Å². The molecule has 2 rings (SSSR count). The fraction of sp³-hybridized carbons (Fsp3) is 0.500. The average Bonchev–Trinajstić information content (AvgIpc) is 2.57. The second kappa shape index (κ2) is 4.98. The lowest BCUT2D eigenvalue weighted by Gasteiger charge is -2.19. The summed E-state index contributed by atoms with van der Waals surface area (Å²) in [5, 5.41) is 3.62. The van der Waals surface area contributed by atoms with Crippen molar-refractivity contribution in [3.8, 4) is 0 Å². The normalized spacial score (nSPS) is 23.3. The van der Waals surface area contributed by atoms with E-state index in [0.29, 0.717) is 0 Å². The quantitative estimate of drug-likeness (QED) is 0.811. The maximum atomic E-state index is 12.2. The summed E-state index contributed by atoms with van der Waals surface area (Å²) in [6.07, 6.45) is 0. The Hall–Kier alpha value is -0.330. The number of hydrogen-bond acceptors (Lipinski definition) is 3. The maximum Gasteiger partial charge on any atom is 0.446 e. The number of benzene rings is 1. The predicted octanol–water partition coefficient (Wildman–Crippen LogP) is 4.41. The molecule has 1 unspecified atom stereocenters. The molecular formula is C12H14F3NS2. The predicted molar refractivity (Wildman–Crippen MR) is 70.8 cm³/mol. The minimum absolute atomic E-state index is 0.0754. The average molecular weight is 293 g/mol. The van der Waals surface area contributed by atoms with E-state index in [1.54, 1.807) is 23.9 Å². The van der Waals surface area contributed by atoms with Gasteiger partial charge < -0.3 is 0 Å². The van der Waals surface area contributed by atoms with E-state index in [1.807, 2.05) is 0 Å². The third-order valence-electron chi connectivity index (χ3n) is 2.55. The Kier molecular flexibility index (Phi) is 3.90. The zero-order valence-corrected chi connectivity index (χ0v) is 11.7. The number of halogens is 3. The second-order valence-corrected chi connectivity index (χ2v) is 7.07. The van der Waals surface area contributed by atoms with E-state index in [9.17, 15) is 13.2 Å². The van der Waals surface area contributed by atoms with E-state index in [4.69, 9.17) is 0 Å². The molecule has 1 fully saturated rings. The summed E-state index contributed by atoms with van der Waals surface area (Å²) >= 11 is 1.71. The van der Waals surface area contributed by atoms with Gasteiger partial charge in [-0.05, 0) is 43.3 Å². The summed E-state index contributed by atoms with van der Waals surface area (Å²) in [4.78, 5) is 0.230. The van der Waals surface area contributed by atoms with Crippen molar-refractivity contribution in [2.45, 2.75) is 35.2 Å². The number of thioether (sulfide) groups is 2. The summed E-state index contributed by atoms with van der Waals surface area (Å²) in [6.45, 7) is 4.24. The molecule has 1 heterocycles. The topological polar surface area (TPSA) is 12.0 Å². The highest BCUT2D eigenvalue weighted by atomic mass is 32.2. The number of rotatable bonds is 2. The van der Waals surface area contributed by atoms with Crippen molar-refractivity contribution in [1.82, 2.24) is 5.32 Å². The third kappa shape index (κ3) is 3.83. The van der Waals surface area contributed by atoms with Crippen molar-refractivity contribution >= 4 is 23.5 Å². The standard InChI is InChI=1S/C12H14F3NS2/c1-11(2)7-17-10(16-11)8-3-5-9(6-4-8)18-12(13,14)15/h3-6,10,16H,7H2,1-2H3. The third-order valence-corrected chi connectivity index (χ3v) is 4.90. The molecule has 1 aliphatic heterocycles. The van der Waals surface area contributed by atoms with Crippen LogP contribution in [0, 0.1) is 0 Å². The van der Waals surface area contributed by atoms with Gasteiger partial charge in [0.1, 0.15) is 0 Å². The van der Waals surface area contributed by atoms with Crippen LogP contribution in [-0.4, -0.2) is 16.8 Å². The number of nitrogens with one attached hydrogen (secondary N) is 1. The minimum atomic E-state index is -4.22. The first kappa shape index (κ1) is 14.1. The van der Waals surface area contributed by atoms with Gasteiger partial charge in [-0.3, -0.25) is 5.32 Å². The van der Waals surface area contributed by atoms with Gasteiger partial charge in [-0.2, -0.15) is 13.2 Å². The van der Waals surface area contributed by atoms with Gasteiger partial charge in [0.15, 0.2) is 0 Å². The molecule has 0 spiro atoms. The smallest absolute Gasteiger partial charge is 0.296 e. The molecule has 1 nitrogen and oxygen atoms in total. The van der Waals surface area contributed by atoms with E-state index >= 15 is 0 Å². The Morgan fingerprint density at radius 1 is 1.28 bits per heavy atom. The molecule has 1 aromatic rings. The van der Waals surface area contributed by atoms with Crippen LogP contribution in [-0.2, 0) is 0 Å². The summed E-state index contributed by atoms with van der Waals surface area (Å²) < 4.78 is 36.6. The van der Waals surface area contributed by atoms with Crippen molar-refractivity contribution in [3.05, 3.63) is 29.8 Å². The van der Waals surface area contributed by atoms with Gasteiger partial charge in [-0.25, -0.2) is 0 Å². The Labute approximate surface area is 113 Å². The van der Waals surface area contributed by atoms with Crippen molar-refractivity contribution in [2.24, 2.45) is 0 Å². The molecule has 100 valence electrons. The summed E-state index contributed by atoms with van der Waals surface area (Å²) in [7, 11) is 0. The largest absolute Gasteiger partial charge is 0.446 e. The molecule has 0 aliphatic carbocycles. The highest BCUT2D eigenvalue weighted by molar-refractivity contribution is 8.00. The molecule has 18 heavy (non-hydrogen) atoms. The van der Waals surface area contributed by atoms with Gasteiger partial charge in [0, 0.05) is 16.2 Å². The molecule has 1 N–H and O–H groups in total. The van der Waals surface area contributed by atoms with Crippen LogP contribution >= 0.6 is 23.5 Å². The summed E-state index contributed by atoms with van der Waals surface area (Å²) in [5.74, 6) is 0.997. The summed E-state index contributed by atoms with van der Waals surface area (Å²) in [6, 6.07) is 6.59. The first-order valence-electron chi connectivity index (χ1n) is 5.50. The fourth-order valence-corrected chi connectivity index (χ4v) is 3.71. The van der Waals surface area contributed by atoms with Crippen LogP contribution < -0.4 is 5.32 Å². The monoisotopic (exact) mass is 293 g/mol. The Balaban J connectivity index is 2.05. The SMILES string of the molecule is CC1(C)CSC(c2ccc(SC(F)(F)F)cc2)N1. The summed E-state index contributed by atoms with van der Waals surface area (Å²) in [5.41, 5.74) is -3.12. The lowest BCUT2D eigenvalue weighted by atomic mass is 10.1. The van der Waals surface area contributed by atoms with Gasteiger partial charge in [0.25, 0.3) is 0 Å². The van der Waals surface area contributed by atoms with Gasteiger partial charge >= 0.3 is 5.51 Å². The zero-order chi connectivity index (χ0) is 13.4. The van der Waals surface area contributed by atoms with E-state index in [0.717, 1.165) is 11.3 Å². The Bertz CT molecular complexity index is 414. The number of hydrogen-bond donors (Lipinski definition) is 1. The van der Waals surface area contributed by atoms with Crippen LogP contribution in [0.4, 0.5) is 13.2 Å². The van der Waals surface area contributed by atoms with Crippen LogP contribution in [0.5, 0.6) is 0 Å². The van der Waals surface area contributed by atoms with Crippen molar-refractivity contribution in [2.75, 3.05) is 5.75 Å². The van der Waals surface area contributed by atoms with Gasteiger partial charge in [-0.1, -0.05) is 12.1 Å². The molecular weight excluding hydrogens is 279 g/mol. The molecule has 1 saturated heterocycles. The van der Waals surface area contributed by atoms with Crippen molar-refractivity contribution in [1.29, 1.82) is 0 Å². The molecule has 1 aromatic carbocycles. The second-order valence-electron chi connectivity index (χ2n) is 4.84. The van der Waals surface area contributed by atoms with Crippen LogP contribution in [0.3, 0.4) is 0 Å². The Morgan fingerprint density at radius 3 is 2.33 bits per heavy atom. The molecule has 0 bridgehead atoms. The van der Waals surface area contributed by atoms with Gasteiger partial charge in [0.05, 0.1) is 5.37 Å². The van der Waals surface area contributed by atoms with E-state index in [1.165, 1.54) is 12.1 Å². The van der Waals surface area contributed by atoms with Crippen LogP contribution in [0.1, 0.15) is 24.8 Å². The molecule has 0 aromatic heterocycles. The molecule has 0 saturated carbocycles. The van der Waals surface area contributed by atoms with Crippen LogP contribution in [0.2, 0.25) is 0 Å². The molecule has 1 aliphatic rings. The molecule has 0 amide bonds. The van der Waals surface area contributed by atoms with E-state index < -0.39 is 5.51 Å². The first-order valence-corrected chi connectivity index (χ1v) is 7.37. The Morgan fingerprint density at radius 2 is 1.89 bits per heavy atom. The molecule has 1 atom stereocenters. The highest BCUT2D eigenvalue weighted by Gasteiger charge is 2.32. The molecule has 6 heteroatoms. The fourth-order valence-electron chi connectivity index (χ4n) is 1.75. The maximum absolute atomic E-state index is 12.2. The van der Waals surface area contributed by atoms with E-state index in [2.05, 4.69) is 19.2 Å². The minimum Gasteiger partial charge on any atom is -0.296 e. The van der Waals surface area contributed by atoms with E-state index in [-0.39, 0.29) is 27.6 Å². The first-order chi connectivity index (χ1) is 8.25.